The zero-order valence-corrected chi connectivity index (χ0v) is 16.8. The van der Waals surface area contributed by atoms with Crippen molar-refractivity contribution in [3.05, 3.63) is 65.4 Å². The Balaban J connectivity index is 1.83. The summed E-state index contributed by atoms with van der Waals surface area (Å²) in [5.41, 5.74) is 4.47. The molecule has 2 N–H and O–H groups in total. The number of nitrogens with zero attached hydrogens (tertiary/aromatic N) is 5. The summed E-state index contributed by atoms with van der Waals surface area (Å²) in [6.45, 7) is 8.92. The van der Waals surface area contributed by atoms with E-state index in [1.807, 2.05) is 32.0 Å². The van der Waals surface area contributed by atoms with E-state index in [1.54, 1.807) is 10.9 Å². The van der Waals surface area contributed by atoms with E-state index in [0.717, 1.165) is 40.4 Å². The fourth-order valence-corrected chi connectivity index (χ4v) is 3.24. The molecule has 0 saturated heterocycles. The van der Waals surface area contributed by atoms with Crippen molar-refractivity contribution in [2.24, 2.45) is 12.0 Å². The van der Waals surface area contributed by atoms with E-state index >= 15 is 0 Å². The molecule has 0 spiro atoms. The molecular weight excluding hydrogens is 336 g/mol. The molecule has 0 bridgehead atoms. The molecule has 0 atom stereocenters. The van der Waals surface area contributed by atoms with Crippen LogP contribution in [-0.2, 0) is 12.5 Å². The molecule has 142 valence electrons. The maximum atomic E-state index is 6.10. The zero-order valence-electron chi connectivity index (χ0n) is 16.8. The van der Waals surface area contributed by atoms with E-state index in [0.29, 0.717) is 6.54 Å². The fourth-order valence-electron chi connectivity index (χ4n) is 3.24. The topological polar surface area (TPSA) is 74.0 Å². The summed E-state index contributed by atoms with van der Waals surface area (Å²) < 4.78 is 3.72. The van der Waals surface area contributed by atoms with Crippen LogP contribution in [0.2, 0.25) is 0 Å². The van der Waals surface area contributed by atoms with Gasteiger partial charge in [0.2, 0.25) is 0 Å². The SMILES string of the molecule is Cc1ncc(C)n(N)c1=NCCC(C)(C)c1nc(-c2ccccc2)cn1C. The van der Waals surface area contributed by atoms with Crippen LogP contribution in [0, 0.1) is 13.8 Å². The van der Waals surface area contributed by atoms with Crippen LogP contribution in [0.5, 0.6) is 0 Å². The van der Waals surface area contributed by atoms with Gasteiger partial charge in [-0.3, -0.25) is 9.98 Å². The van der Waals surface area contributed by atoms with Crippen LogP contribution in [0.1, 0.15) is 37.5 Å². The van der Waals surface area contributed by atoms with Crippen LogP contribution in [0.15, 0.2) is 47.7 Å². The zero-order chi connectivity index (χ0) is 19.6. The van der Waals surface area contributed by atoms with E-state index in [9.17, 15) is 0 Å². The summed E-state index contributed by atoms with van der Waals surface area (Å²) >= 11 is 0. The lowest BCUT2D eigenvalue weighted by molar-refractivity contribution is 0.441. The summed E-state index contributed by atoms with van der Waals surface area (Å²) in [6, 6.07) is 10.3. The van der Waals surface area contributed by atoms with Gasteiger partial charge in [-0.1, -0.05) is 44.2 Å². The molecule has 0 unspecified atom stereocenters. The number of nitrogens with two attached hydrogens (primary N) is 1. The molecule has 0 fully saturated rings. The molecule has 2 heterocycles. The lowest BCUT2D eigenvalue weighted by atomic mass is 9.88. The van der Waals surface area contributed by atoms with Gasteiger partial charge in [0.15, 0.2) is 5.49 Å². The molecule has 2 aromatic heterocycles. The molecular formula is C21H28N6. The van der Waals surface area contributed by atoms with Gasteiger partial charge in [-0.2, -0.15) is 0 Å². The number of aryl methyl sites for hydroxylation is 3. The number of nitrogen functional groups attached to an aromatic ring is 1. The van der Waals surface area contributed by atoms with Crippen molar-refractivity contribution >= 4 is 0 Å². The predicted octanol–water partition coefficient (Wildman–Crippen LogP) is 2.88. The molecule has 3 rings (SSSR count). The fraction of sp³-hybridized carbons (Fsp3) is 0.381. The van der Waals surface area contributed by atoms with E-state index in [4.69, 9.17) is 15.8 Å². The number of aromatic nitrogens is 4. The Hall–Kier alpha value is -2.89. The van der Waals surface area contributed by atoms with Crippen molar-refractivity contribution in [1.29, 1.82) is 0 Å². The molecule has 0 saturated carbocycles. The Labute approximate surface area is 160 Å². The second kappa shape index (κ2) is 7.39. The first-order valence-electron chi connectivity index (χ1n) is 9.19. The van der Waals surface area contributed by atoms with Crippen molar-refractivity contribution in [3.63, 3.8) is 0 Å². The van der Waals surface area contributed by atoms with Gasteiger partial charge < -0.3 is 10.4 Å². The summed E-state index contributed by atoms with van der Waals surface area (Å²) in [4.78, 5) is 14.0. The molecule has 1 aromatic carbocycles. The second-order valence-electron chi connectivity index (χ2n) is 7.62. The van der Waals surface area contributed by atoms with Gasteiger partial charge >= 0.3 is 0 Å². The smallest absolute Gasteiger partial charge is 0.168 e. The van der Waals surface area contributed by atoms with Gasteiger partial charge in [-0.05, 0) is 20.3 Å². The first kappa shape index (κ1) is 18.9. The van der Waals surface area contributed by atoms with Crippen molar-refractivity contribution in [2.45, 2.75) is 39.5 Å². The number of benzene rings is 1. The lowest BCUT2D eigenvalue weighted by Gasteiger charge is -2.23. The third-order valence-electron chi connectivity index (χ3n) is 4.93. The third kappa shape index (κ3) is 3.94. The summed E-state index contributed by atoms with van der Waals surface area (Å²) in [7, 11) is 2.05. The molecule has 0 amide bonds. The Kier molecular flexibility index (Phi) is 5.17. The average Bonchev–Trinajstić information content (AvgIpc) is 3.05. The first-order chi connectivity index (χ1) is 12.8. The third-order valence-corrected chi connectivity index (χ3v) is 4.93. The molecule has 6 heteroatoms. The molecule has 0 radical (unpaired) electrons. The van der Waals surface area contributed by atoms with Gasteiger partial charge in [0.05, 0.1) is 17.1 Å². The Bertz CT molecular complexity index is 995. The van der Waals surface area contributed by atoms with Crippen molar-refractivity contribution < 1.29 is 0 Å². The highest BCUT2D eigenvalue weighted by molar-refractivity contribution is 5.58. The highest BCUT2D eigenvalue weighted by Crippen LogP contribution is 2.28. The maximum Gasteiger partial charge on any atom is 0.168 e. The standard InChI is InChI=1S/C21H28N6/c1-15-13-24-16(2)19(27(15)22)23-12-11-21(3,4)20-25-18(14-26(20)5)17-9-7-6-8-10-17/h6-10,13-14H,11-12,22H2,1-5H3. The number of hydrogen-bond donors (Lipinski definition) is 1. The molecule has 0 aliphatic carbocycles. The van der Waals surface area contributed by atoms with Crippen molar-refractivity contribution in [1.82, 2.24) is 19.2 Å². The first-order valence-corrected chi connectivity index (χ1v) is 9.19. The van der Waals surface area contributed by atoms with Crippen LogP contribution in [0.4, 0.5) is 0 Å². The Morgan fingerprint density at radius 3 is 2.56 bits per heavy atom. The highest BCUT2D eigenvalue weighted by Gasteiger charge is 2.26. The molecule has 0 aliphatic heterocycles. The van der Waals surface area contributed by atoms with E-state index < -0.39 is 0 Å². The van der Waals surface area contributed by atoms with E-state index in [2.05, 4.69) is 48.8 Å². The monoisotopic (exact) mass is 364 g/mol. The van der Waals surface area contributed by atoms with Crippen LogP contribution in [-0.4, -0.2) is 25.8 Å². The van der Waals surface area contributed by atoms with Gasteiger partial charge in [-0.25, -0.2) is 9.66 Å². The van der Waals surface area contributed by atoms with Crippen molar-refractivity contribution in [2.75, 3.05) is 12.4 Å². The largest absolute Gasteiger partial charge is 0.337 e. The number of hydrogen-bond acceptors (Lipinski definition) is 4. The van der Waals surface area contributed by atoms with Crippen LogP contribution < -0.4 is 11.3 Å². The van der Waals surface area contributed by atoms with Crippen LogP contribution >= 0.6 is 0 Å². The minimum atomic E-state index is -0.115. The van der Waals surface area contributed by atoms with Gasteiger partial charge in [0.25, 0.3) is 0 Å². The normalized spacial score (nSPS) is 12.6. The van der Waals surface area contributed by atoms with E-state index in [1.165, 1.54) is 0 Å². The van der Waals surface area contributed by atoms with Crippen LogP contribution in [0.25, 0.3) is 11.3 Å². The Morgan fingerprint density at radius 1 is 1.15 bits per heavy atom. The van der Waals surface area contributed by atoms with Gasteiger partial charge in [0, 0.05) is 37.0 Å². The van der Waals surface area contributed by atoms with Crippen molar-refractivity contribution in [3.8, 4) is 11.3 Å². The highest BCUT2D eigenvalue weighted by atomic mass is 15.3. The molecule has 27 heavy (non-hydrogen) atoms. The van der Waals surface area contributed by atoms with Gasteiger partial charge in [0.1, 0.15) is 5.82 Å². The summed E-state index contributed by atoms with van der Waals surface area (Å²) in [6.07, 6.45) is 4.71. The Morgan fingerprint density at radius 2 is 1.85 bits per heavy atom. The van der Waals surface area contributed by atoms with Crippen LogP contribution in [0.3, 0.4) is 0 Å². The van der Waals surface area contributed by atoms with Gasteiger partial charge in [-0.15, -0.1) is 0 Å². The molecule has 6 nitrogen and oxygen atoms in total. The lowest BCUT2D eigenvalue weighted by Crippen LogP contribution is -2.33. The van der Waals surface area contributed by atoms with E-state index in [-0.39, 0.29) is 5.41 Å². The molecule has 3 aromatic rings. The molecule has 0 aliphatic rings. The maximum absolute atomic E-state index is 6.10. The predicted molar refractivity (Wildman–Crippen MR) is 109 cm³/mol. The number of imidazole rings is 1. The minimum Gasteiger partial charge on any atom is -0.337 e. The number of rotatable bonds is 5. The minimum absolute atomic E-state index is 0.115. The second-order valence-corrected chi connectivity index (χ2v) is 7.62. The quantitative estimate of drug-likeness (QED) is 0.708. The summed E-state index contributed by atoms with van der Waals surface area (Å²) in [5, 5.41) is 0. The average molecular weight is 364 g/mol. The summed E-state index contributed by atoms with van der Waals surface area (Å²) in [5.74, 6) is 7.15.